The van der Waals surface area contributed by atoms with E-state index < -0.39 is 11.0 Å². The van der Waals surface area contributed by atoms with Crippen LogP contribution in [0.25, 0.3) is 10.9 Å². The van der Waals surface area contributed by atoms with Gasteiger partial charge < -0.3 is 15.4 Å². The summed E-state index contributed by atoms with van der Waals surface area (Å²) in [6, 6.07) is 11.1. The third-order valence-corrected chi connectivity index (χ3v) is 4.53. The number of aryl methyl sites for hydroxylation is 2. The molecule has 7 nitrogen and oxygen atoms in total. The van der Waals surface area contributed by atoms with Crippen LogP contribution in [0.15, 0.2) is 42.5 Å². The maximum Gasteiger partial charge on any atom is 0.269 e. The molecule has 1 atom stereocenters. The van der Waals surface area contributed by atoms with E-state index in [-0.39, 0.29) is 18.1 Å². The highest BCUT2D eigenvalue weighted by Gasteiger charge is 2.16. The predicted octanol–water partition coefficient (Wildman–Crippen LogP) is 3.16. The minimum Gasteiger partial charge on any atom is -0.387 e. The second-order valence-corrected chi connectivity index (χ2v) is 6.18. The number of rotatable bonds is 5. The summed E-state index contributed by atoms with van der Waals surface area (Å²) in [5, 5.41) is 24.6. The van der Waals surface area contributed by atoms with E-state index in [1.807, 2.05) is 26.0 Å². The van der Waals surface area contributed by atoms with Gasteiger partial charge in [-0.2, -0.15) is 0 Å². The van der Waals surface area contributed by atoms with Crippen LogP contribution in [0.3, 0.4) is 0 Å². The fourth-order valence-corrected chi connectivity index (χ4v) is 2.89. The van der Waals surface area contributed by atoms with Crippen LogP contribution in [0.2, 0.25) is 0 Å². The number of nitrogens with one attached hydrogen (secondary N) is 2. The molecule has 3 aromatic rings. The molecule has 0 fully saturated rings. The summed E-state index contributed by atoms with van der Waals surface area (Å²) in [6.45, 7) is 3.95. The number of carbonyl (C=O) groups is 1. The zero-order chi connectivity index (χ0) is 18.8. The molecule has 134 valence electrons. The van der Waals surface area contributed by atoms with Crippen molar-refractivity contribution in [3.63, 3.8) is 0 Å². The van der Waals surface area contributed by atoms with Crippen LogP contribution in [0.1, 0.15) is 33.3 Å². The predicted molar refractivity (Wildman–Crippen MR) is 98.2 cm³/mol. The normalized spacial score (nSPS) is 12.1. The van der Waals surface area contributed by atoms with Gasteiger partial charge in [-0.05, 0) is 43.2 Å². The molecule has 0 radical (unpaired) electrons. The molecule has 1 amide bonds. The lowest BCUT2D eigenvalue weighted by atomic mass is 10.1. The largest absolute Gasteiger partial charge is 0.387 e. The number of amides is 1. The summed E-state index contributed by atoms with van der Waals surface area (Å²) in [7, 11) is 0. The number of aromatic amines is 1. The van der Waals surface area contributed by atoms with Gasteiger partial charge in [-0.3, -0.25) is 14.9 Å². The summed E-state index contributed by atoms with van der Waals surface area (Å²) in [5.41, 5.74) is 3.83. The molecule has 0 spiro atoms. The third-order valence-electron chi connectivity index (χ3n) is 4.53. The van der Waals surface area contributed by atoms with Crippen molar-refractivity contribution in [2.45, 2.75) is 20.0 Å². The van der Waals surface area contributed by atoms with Crippen molar-refractivity contribution in [1.29, 1.82) is 0 Å². The van der Waals surface area contributed by atoms with Gasteiger partial charge in [0.25, 0.3) is 11.6 Å². The van der Waals surface area contributed by atoms with E-state index in [2.05, 4.69) is 10.3 Å². The first-order chi connectivity index (χ1) is 12.4. The van der Waals surface area contributed by atoms with Gasteiger partial charge in [0.05, 0.1) is 22.1 Å². The number of carbonyl (C=O) groups excluding carboxylic acids is 1. The number of benzene rings is 2. The fourth-order valence-electron chi connectivity index (χ4n) is 2.89. The van der Waals surface area contributed by atoms with Crippen LogP contribution >= 0.6 is 0 Å². The molecule has 26 heavy (non-hydrogen) atoms. The van der Waals surface area contributed by atoms with Gasteiger partial charge in [0.15, 0.2) is 0 Å². The minimum absolute atomic E-state index is 0.00566. The molecule has 0 bridgehead atoms. The molecule has 3 rings (SSSR count). The maximum atomic E-state index is 12.5. The SMILES string of the molecule is Cc1[nH]c2c(C(=O)NC[C@@H](O)c3ccc([N+](=O)[O-])cc3)cccc2c1C. The summed E-state index contributed by atoms with van der Waals surface area (Å²) >= 11 is 0. The molecule has 7 heteroatoms. The van der Waals surface area contributed by atoms with Gasteiger partial charge in [0.2, 0.25) is 0 Å². The molecule has 3 N–H and O–H groups in total. The Morgan fingerprint density at radius 2 is 1.92 bits per heavy atom. The number of nitrogens with zero attached hydrogens (tertiary/aromatic N) is 1. The highest BCUT2D eigenvalue weighted by atomic mass is 16.6. The van der Waals surface area contributed by atoms with E-state index in [0.717, 1.165) is 22.2 Å². The first kappa shape index (κ1) is 17.6. The van der Waals surface area contributed by atoms with E-state index >= 15 is 0 Å². The lowest BCUT2D eigenvalue weighted by Gasteiger charge is -2.12. The quantitative estimate of drug-likeness (QED) is 0.483. The monoisotopic (exact) mass is 353 g/mol. The lowest BCUT2D eigenvalue weighted by Crippen LogP contribution is -2.28. The van der Waals surface area contributed by atoms with Crippen LogP contribution in [0.4, 0.5) is 5.69 Å². The number of aliphatic hydroxyl groups excluding tert-OH is 1. The Kier molecular flexibility index (Phi) is 4.73. The highest BCUT2D eigenvalue weighted by molar-refractivity contribution is 6.06. The number of aliphatic hydroxyl groups is 1. The Morgan fingerprint density at radius 1 is 1.23 bits per heavy atom. The van der Waals surface area contributed by atoms with Gasteiger partial charge in [-0.1, -0.05) is 12.1 Å². The van der Waals surface area contributed by atoms with E-state index in [1.165, 1.54) is 24.3 Å². The van der Waals surface area contributed by atoms with E-state index in [0.29, 0.717) is 11.1 Å². The number of nitro benzene ring substituents is 1. The third kappa shape index (κ3) is 3.29. The van der Waals surface area contributed by atoms with Crippen molar-refractivity contribution >= 4 is 22.5 Å². The molecule has 0 aliphatic carbocycles. The van der Waals surface area contributed by atoms with Crippen LogP contribution < -0.4 is 5.32 Å². The summed E-state index contributed by atoms with van der Waals surface area (Å²) in [5.74, 6) is -0.294. The summed E-state index contributed by atoms with van der Waals surface area (Å²) < 4.78 is 0. The molecule has 0 aliphatic rings. The maximum absolute atomic E-state index is 12.5. The Balaban J connectivity index is 1.72. The molecule has 2 aromatic carbocycles. The number of aromatic nitrogens is 1. The second-order valence-electron chi connectivity index (χ2n) is 6.18. The van der Waals surface area contributed by atoms with Crippen LogP contribution in [0.5, 0.6) is 0 Å². The number of fused-ring (bicyclic) bond motifs is 1. The van der Waals surface area contributed by atoms with Crippen molar-refractivity contribution in [2.75, 3.05) is 6.54 Å². The first-order valence-electron chi connectivity index (χ1n) is 8.17. The zero-order valence-corrected chi connectivity index (χ0v) is 14.4. The van der Waals surface area contributed by atoms with Crippen LogP contribution in [-0.4, -0.2) is 27.5 Å². The van der Waals surface area contributed by atoms with Gasteiger partial charge in [-0.25, -0.2) is 0 Å². The number of H-pyrrole nitrogens is 1. The lowest BCUT2D eigenvalue weighted by molar-refractivity contribution is -0.384. The number of para-hydroxylation sites is 1. The number of hydrogen-bond acceptors (Lipinski definition) is 4. The molecular weight excluding hydrogens is 334 g/mol. The fraction of sp³-hybridized carbons (Fsp3) is 0.211. The summed E-state index contributed by atoms with van der Waals surface area (Å²) in [4.78, 5) is 25.9. The number of non-ortho nitro benzene ring substituents is 1. The number of hydrogen-bond donors (Lipinski definition) is 3. The first-order valence-corrected chi connectivity index (χ1v) is 8.17. The average Bonchev–Trinajstić information content (AvgIpc) is 2.93. The molecule has 0 aliphatic heterocycles. The van der Waals surface area contributed by atoms with Crippen molar-refractivity contribution in [1.82, 2.24) is 10.3 Å². The van der Waals surface area contributed by atoms with E-state index in [1.54, 1.807) is 6.07 Å². The van der Waals surface area contributed by atoms with Gasteiger partial charge in [0.1, 0.15) is 0 Å². The Bertz CT molecular complexity index is 976. The van der Waals surface area contributed by atoms with Gasteiger partial charge in [0, 0.05) is 29.8 Å². The van der Waals surface area contributed by atoms with E-state index in [4.69, 9.17) is 0 Å². The highest BCUT2D eigenvalue weighted by Crippen LogP contribution is 2.24. The molecule has 0 unspecified atom stereocenters. The van der Waals surface area contributed by atoms with E-state index in [9.17, 15) is 20.0 Å². The van der Waals surface area contributed by atoms with Crippen LogP contribution in [-0.2, 0) is 0 Å². The van der Waals surface area contributed by atoms with Crippen molar-refractivity contribution in [2.24, 2.45) is 0 Å². The zero-order valence-electron chi connectivity index (χ0n) is 14.4. The minimum atomic E-state index is -0.953. The Hall–Kier alpha value is -3.19. The van der Waals surface area contributed by atoms with Crippen molar-refractivity contribution in [3.05, 3.63) is 75.0 Å². The molecule has 0 saturated carbocycles. The number of nitro groups is 1. The topological polar surface area (TPSA) is 108 Å². The smallest absolute Gasteiger partial charge is 0.269 e. The average molecular weight is 353 g/mol. The van der Waals surface area contributed by atoms with Gasteiger partial charge in [-0.15, -0.1) is 0 Å². The molecular formula is C19H19N3O4. The standard InChI is InChI=1S/C19H19N3O4/c1-11-12(2)21-18-15(11)4-3-5-16(18)19(24)20-10-17(23)13-6-8-14(9-7-13)22(25)26/h3-9,17,21,23H,10H2,1-2H3,(H,20,24)/t17-/m1/s1. The summed E-state index contributed by atoms with van der Waals surface area (Å²) in [6.07, 6.45) is -0.953. The molecule has 0 saturated heterocycles. The Morgan fingerprint density at radius 3 is 2.58 bits per heavy atom. The van der Waals surface area contributed by atoms with Crippen molar-refractivity contribution < 1.29 is 14.8 Å². The molecule has 1 heterocycles. The Labute approximate surface area is 149 Å². The van der Waals surface area contributed by atoms with Crippen LogP contribution in [0, 0.1) is 24.0 Å². The molecule has 1 aromatic heterocycles. The van der Waals surface area contributed by atoms with Gasteiger partial charge >= 0.3 is 0 Å². The second kappa shape index (κ2) is 6.97. The van der Waals surface area contributed by atoms with Crippen molar-refractivity contribution in [3.8, 4) is 0 Å².